The lowest BCUT2D eigenvalue weighted by molar-refractivity contribution is -0.138. The number of amides is 1. The molecule has 0 spiro atoms. The first-order chi connectivity index (χ1) is 15.3. The zero-order valence-electron chi connectivity index (χ0n) is 18.5. The maximum absolute atomic E-state index is 12.8. The van der Waals surface area contributed by atoms with Crippen LogP contribution in [0.3, 0.4) is 0 Å². The van der Waals surface area contributed by atoms with Crippen molar-refractivity contribution in [3.8, 4) is 5.75 Å². The molecule has 2 aromatic rings. The Morgan fingerprint density at radius 3 is 2.66 bits per heavy atom. The highest BCUT2D eigenvalue weighted by atomic mass is 16.4. The Balaban J connectivity index is 1.74. The molecule has 170 valence electrons. The van der Waals surface area contributed by atoms with Crippen LogP contribution in [0.15, 0.2) is 67.3 Å². The summed E-state index contributed by atoms with van der Waals surface area (Å²) in [5, 5.41) is 21.5. The van der Waals surface area contributed by atoms with E-state index >= 15 is 0 Å². The van der Waals surface area contributed by atoms with E-state index in [0.717, 1.165) is 30.6 Å². The van der Waals surface area contributed by atoms with E-state index in [9.17, 15) is 14.7 Å². The van der Waals surface area contributed by atoms with Gasteiger partial charge in [-0.05, 0) is 48.6 Å². The number of benzene rings is 2. The van der Waals surface area contributed by atoms with Gasteiger partial charge in [0.2, 0.25) is 5.91 Å². The first kappa shape index (κ1) is 23.5. The van der Waals surface area contributed by atoms with Crippen molar-refractivity contribution < 1.29 is 19.8 Å². The smallest absolute Gasteiger partial charge is 0.322 e. The van der Waals surface area contributed by atoms with Crippen LogP contribution in [0.5, 0.6) is 5.75 Å². The molecule has 6 nitrogen and oxygen atoms in total. The number of piperidine rings is 1. The van der Waals surface area contributed by atoms with Gasteiger partial charge in [0.1, 0.15) is 12.3 Å². The Bertz CT molecular complexity index is 946. The Kier molecular flexibility index (Phi) is 7.70. The fourth-order valence-corrected chi connectivity index (χ4v) is 4.62. The Labute approximate surface area is 189 Å². The molecule has 0 radical (unpaired) electrons. The lowest BCUT2D eigenvalue weighted by Crippen LogP contribution is -2.50. The first-order valence-corrected chi connectivity index (χ1v) is 11.0. The summed E-state index contributed by atoms with van der Waals surface area (Å²) in [6.45, 7) is 7.97. The number of aliphatic carboxylic acids is 1. The largest absolute Gasteiger partial charge is 0.508 e. The topological polar surface area (TPSA) is 89.9 Å². The minimum absolute atomic E-state index is 0.150. The van der Waals surface area contributed by atoms with Crippen molar-refractivity contribution >= 4 is 11.9 Å². The molecule has 3 rings (SSSR count). The van der Waals surface area contributed by atoms with Crippen molar-refractivity contribution in [2.45, 2.75) is 25.2 Å². The van der Waals surface area contributed by atoms with E-state index < -0.39 is 5.97 Å². The van der Waals surface area contributed by atoms with Crippen LogP contribution in [-0.4, -0.2) is 53.2 Å². The number of rotatable bonds is 9. The van der Waals surface area contributed by atoms with Crippen LogP contribution in [0, 0.1) is 11.8 Å². The van der Waals surface area contributed by atoms with Gasteiger partial charge >= 0.3 is 5.97 Å². The number of phenols is 1. The second kappa shape index (κ2) is 10.5. The quantitative estimate of drug-likeness (QED) is 0.525. The first-order valence-electron chi connectivity index (χ1n) is 11.0. The normalized spacial score (nSPS) is 22.1. The fraction of sp³-hybridized carbons (Fsp3) is 0.385. The zero-order chi connectivity index (χ0) is 23.1. The van der Waals surface area contributed by atoms with E-state index in [2.05, 4.69) is 23.7 Å². The van der Waals surface area contributed by atoms with Gasteiger partial charge in [-0.3, -0.25) is 9.59 Å². The van der Waals surface area contributed by atoms with Crippen LogP contribution in [0.25, 0.3) is 0 Å². The molecule has 6 heteroatoms. The number of carbonyl (C=O) groups is 2. The van der Waals surface area contributed by atoms with Crippen molar-refractivity contribution in [1.82, 2.24) is 10.2 Å². The number of carbonyl (C=O) groups excluding carboxylic acids is 1. The second-order valence-electron chi connectivity index (χ2n) is 8.82. The lowest BCUT2D eigenvalue weighted by Gasteiger charge is -2.46. The van der Waals surface area contributed by atoms with Gasteiger partial charge in [0.25, 0.3) is 0 Å². The predicted octanol–water partition coefficient (Wildman–Crippen LogP) is 3.22. The molecule has 1 aliphatic heterocycles. The summed E-state index contributed by atoms with van der Waals surface area (Å²) >= 11 is 0. The molecule has 32 heavy (non-hydrogen) atoms. The van der Waals surface area contributed by atoms with Crippen LogP contribution in [0.4, 0.5) is 0 Å². The van der Waals surface area contributed by atoms with Gasteiger partial charge in [0.15, 0.2) is 0 Å². The van der Waals surface area contributed by atoms with Crippen LogP contribution < -0.4 is 5.32 Å². The molecular weight excluding hydrogens is 404 g/mol. The van der Waals surface area contributed by atoms with Gasteiger partial charge in [0, 0.05) is 18.5 Å². The van der Waals surface area contributed by atoms with Gasteiger partial charge in [-0.2, -0.15) is 0 Å². The molecular formula is C26H32N2O4. The molecule has 0 aliphatic carbocycles. The monoisotopic (exact) mass is 436 g/mol. The number of carboxylic acid groups (broad SMARTS) is 1. The number of phenolic OH excluding ortho intramolecular Hbond substituents is 1. The van der Waals surface area contributed by atoms with Crippen LogP contribution >= 0.6 is 0 Å². The summed E-state index contributed by atoms with van der Waals surface area (Å²) in [5.74, 6) is -1.24. The van der Waals surface area contributed by atoms with Crippen LogP contribution in [0.2, 0.25) is 0 Å². The molecule has 1 heterocycles. The molecule has 1 aliphatic rings. The Morgan fingerprint density at radius 2 is 2.00 bits per heavy atom. The summed E-state index contributed by atoms with van der Waals surface area (Å²) in [6, 6.07) is 17.2. The van der Waals surface area contributed by atoms with Crippen molar-refractivity contribution in [3.05, 3.63) is 78.4 Å². The number of aromatic hydroxyl groups is 1. The molecule has 3 atom stereocenters. The van der Waals surface area contributed by atoms with E-state index in [0.29, 0.717) is 13.0 Å². The minimum atomic E-state index is -1.05. The summed E-state index contributed by atoms with van der Waals surface area (Å²) in [4.78, 5) is 26.0. The summed E-state index contributed by atoms with van der Waals surface area (Å²) in [6.07, 6.45) is 3.38. The summed E-state index contributed by atoms with van der Waals surface area (Å²) in [7, 11) is 0. The highest BCUT2D eigenvalue weighted by molar-refractivity contribution is 5.83. The number of carboxylic acids is 1. The number of likely N-dealkylation sites (tertiary alicyclic amines) is 1. The third-order valence-electron chi connectivity index (χ3n) is 6.60. The van der Waals surface area contributed by atoms with E-state index in [-0.39, 0.29) is 35.5 Å². The highest BCUT2D eigenvalue weighted by Gasteiger charge is 2.40. The molecule has 2 unspecified atom stereocenters. The maximum Gasteiger partial charge on any atom is 0.322 e. The van der Waals surface area contributed by atoms with Crippen molar-refractivity contribution in [2.75, 3.05) is 26.2 Å². The molecule has 1 saturated heterocycles. The van der Waals surface area contributed by atoms with Gasteiger partial charge < -0.3 is 20.4 Å². The van der Waals surface area contributed by atoms with E-state index in [4.69, 9.17) is 5.11 Å². The van der Waals surface area contributed by atoms with Crippen LogP contribution in [0.1, 0.15) is 24.5 Å². The van der Waals surface area contributed by atoms with Crippen molar-refractivity contribution in [2.24, 2.45) is 11.8 Å². The lowest BCUT2D eigenvalue weighted by atomic mass is 9.67. The van der Waals surface area contributed by atoms with Gasteiger partial charge in [-0.15, -0.1) is 6.58 Å². The van der Waals surface area contributed by atoms with Crippen LogP contribution in [-0.2, 0) is 21.4 Å². The average molecular weight is 437 g/mol. The maximum atomic E-state index is 12.8. The highest BCUT2D eigenvalue weighted by Crippen LogP contribution is 2.41. The summed E-state index contributed by atoms with van der Waals surface area (Å²) in [5.41, 5.74) is 1.98. The molecule has 1 fully saturated rings. The van der Waals surface area contributed by atoms with Gasteiger partial charge in [-0.25, -0.2) is 0 Å². The van der Waals surface area contributed by atoms with E-state index in [1.807, 2.05) is 54.6 Å². The van der Waals surface area contributed by atoms with Crippen molar-refractivity contribution in [1.29, 1.82) is 0 Å². The minimum Gasteiger partial charge on any atom is -0.508 e. The molecule has 0 aromatic heterocycles. The Morgan fingerprint density at radius 1 is 1.25 bits per heavy atom. The van der Waals surface area contributed by atoms with Gasteiger partial charge in [0.05, 0.1) is 5.92 Å². The molecule has 3 N–H and O–H groups in total. The fourth-order valence-electron chi connectivity index (χ4n) is 4.62. The molecule has 2 aromatic carbocycles. The average Bonchev–Trinajstić information content (AvgIpc) is 2.79. The number of nitrogens with zero attached hydrogens (tertiary/aromatic N) is 1. The third-order valence-corrected chi connectivity index (χ3v) is 6.60. The Hall–Kier alpha value is -3.12. The van der Waals surface area contributed by atoms with Gasteiger partial charge in [-0.1, -0.05) is 55.5 Å². The number of hydrogen-bond acceptors (Lipinski definition) is 4. The second-order valence-corrected chi connectivity index (χ2v) is 8.82. The number of hydrogen-bond donors (Lipinski definition) is 3. The molecule has 0 saturated carbocycles. The van der Waals surface area contributed by atoms with E-state index in [1.54, 1.807) is 6.07 Å². The SMILES string of the molecule is C=CC1CN(C[C@H](Cc2ccccc2)C(=O)NCC(=O)O)CCC1(C)c1cccc(O)c1. The molecule has 1 amide bonds. The van der Waals surface area contributed by atoms with Crippen molar-refractivity contribution in [3.63, 3.8) is 0 Å². The standard InChI is InChI=1S/C26H32N2O4/c1-3-21-18-28(13-12-26(21,2)22-10-7-11-23(29)15-22)17-20(25(32)27-16-24(30)31)14-19-8-5-4-6-9-19/h3-11,15,20-21,29H,1,12-14,16-18H2,2H3,(H,27,32)(H,30,31)/t20-,21?,26?/m0/s1. The van der Waals surface area contributed by atoms with E-state index in [1.165, 1.54) is 0 Å². The zero-order valence-corrected chi connectivity index (χ0v) is 18.5. The summed E-state index contributed by atoms with van der Waals surface area (Å²) < 4.78 is 0. The predicted molar refractivity (Wildman–Crippen MR) is 124 cm³/mol. The number of nitrogens with one attached hydrogen (secondary N) is 1. The third kappa shape index (κ3) is 5.77. The molecule has 0 bridgehead atoms.